The number of phenolic OH excluding ortho intramolecular Hbond substituents is 1. The van der Waals surface area contributed by atoms with Crippen molar-refractivity contribution < 1.29 is 19.4 Å². The van der Waals surface area contributed by atoms with E-state index in [1.165, 1.54) is 19.2 Å². The molecule has 0 aliphatic heterocycles. The summed E-state index contributed by atoms with van der Waals surface area (Å²) in [6.07, 6.45) is 0.331. The van der Waals surface area contributed by atoms with Gasteiger partial charge in [-0.05, 0) is 24.1 Å². The number of benzene rings is 1. The van der Waals surface area contributed by atoms with Gasteiger partial charge >= 0.3 is 0 Å². The summed E-state index contributed by atoms with van der Waals surface area (Å²) in [5, 5.41) is 14.2. The van der Waals surface area contributed by atoms with Crippen molar-refractivity contribution in [2.24, 2.45) is 5.73 Å². The number of hydrogen-bond donors (Lipinski definition) is 4. The summed E-state index contributed by atoms with van der Waals surface area (Å²) in [4.78, 5) is 23.1. The summed E-state index contributed by atoms with van der Waals surface area (Å²) in [7, 11) is 1.54. The third-order valence-corrected chi connectivity index (χ3v) is 2.78. The Morgan fingerprint density at radius 1 is 1.29 bits per heavy atom. The molecule has 0 saturated carbocycles. The van der Waals surface area contributed by atoms with Gasteiger partial charge in [-0.2, -0.15) is 0 Å². The maximum atomic E-state index is 11.8. The van der Waals surface area contributed by atoms with Crippen LogP contribution in [0.15, 0.2) is 24.3 Å². The van der Waals surface area contributed by atoms with E-state index in [2.05, 4.69) is 10.6 Å². The van der Waals surface area contributed by atoms with Crippen molar-refractivity contribution in [3.63, 3.8) is 0 Å². The minimum absolute atomic E-state index is 0.119. The maximum absolute atomic E-state index is 11.8. The molecular weight excluding hydrogens is 274 g/mol. The minimum atomic E-state index is -0.749. The number of nitrogens with two attached hydrogens (primary N) is 1. The van der Waals surface area contributed by atoms with E-state index < -0.39 is 11.9 Å². The first-order chi connectivity index (χ1) is 10.0. The highest BCUT2D eigenvalue weighted by molar-refractivity contribution is 5.87. The summed E-state index contributed by atoms with van der Waals surface area (Å²) in [6, 6.07) is 5.70. The first-order valence-electron chi connectivity index (χ1n) is 6.59. The van der Waals surface area contributed by atoms with E-state index in [1.807, 2.05) is 0 Å². The first-order valence-corrected chi connectivity index (χ1v) is 6.59. The lowest BCUT2D eigenvalue weighted by molar-refractivity contribution is -0.126. The van der Waals surface area contributed by atoms with Gasteiger partial charge in [-0.3, -0.25) is 9.59 Å². The van der Waals surface area contributed by atoms with Crippen molar-refractivity contribution in [1.82, 2.24) is 10.6 Å². The lowest BCUT2D eigenvalue weighted by atomic mass is 10.1. The Kier molecular flexibility index (Phi) is 7.20. The van der Waals surface area contributed by atoms with E-state index in [0.717, 1.165) is 5.56 Å². The van der Waals surface area contributed by atoms with Crippen molar-refractivity contribution in [3.05, 3.63) is 29.8 Å². The van der Waals surface area contributed by atoms with Crippen LogP contribution in [0.1, 0.15) is 5.56 Å². The molecule has 1 atom stereocenters. The van der Waals surface area contributed by atoms with Gasteiger partial charge in [-0.15, -0.1) is 0 Å². The molecule has 7 nitrogen and oxygen atoms in total. The lowest BCUT2D eigenvalue weighted by Gasteiger charge is -2.12. The highest BCUT2D eigenvalue weighted by Crippen LogP contribution is 2.10. The predicted octanol–water partition coefficient (Wildman–Crippen LogP) is -0.859. The van der Waals surface area contributed by atoms with E-state index >= 15 is 0 Å². The van der Waals surface area contributed by atoms with Gasteiger partial charge in [-0.1, -0.05) is 12.1 Å². The molecule has 1 rings (SSSR count). The van der Waals surface area contributed by atoms with Crippen LogP contribution in [-0.4, -0.2) is 49.8 Å². The molecule has 0 saturated heterocycles. The number of carbonyl (C=O) groups excluding carboxylic acids is 2. The number of rotatable bonds is 8. The van der Waals surface area contributed by atoms with E-state index in [1.54, 1.807) is 12.1 Å². The summed E-state index contributed by atoms with van der Waals surface area (Å²) in [6.45, 7) is 0.691. The fraction of sp³-hybridized carbons (Fsp3) is 0.429. The minimum Gasteiger partial charge on any atom is -0.508 e. The van der Waals surface area contributed by atoms with Gasteiger partial charge in [-0.25, -0.2) is 0 Å². The van der Waals surface area contributed by atoms with E-state index in [0.29, 0.717) is 19.6 Å². The Balaban J connectivity index is 2.30. The second-order valence-electron chi connectivity index (χ2n) is 4.54. The van der Waals surface area contributed by atoms with Gasteiger partial charge in [0.25, 0.3) is 0 Å². The Morgan fingerprint density at radius 3 is 2.57 bits per heavy atom. The molecule has 0 aliphatic rings. The monoisotopic (exact) mass is 295 g/mol. The average molecular weight is 295 g/mol. The fourth-order valence-electron chi connectivity index (χ4n) is 1.63. The Morgan fingerprint density at radius 2 is 1.95 bits per heavy atom. The zero-order chi connectivity index (χ0) is 15.7. The molecular formula is C14H21N3O4. The van der Waals surface area contributed by atoms with Crippen molar-refractivity contribution in [2.45, 2.75) is 12.5 Å². The summed E-state index contributed by atoms with van der Waals surface area (Å²) in [5.41, 5.74) is 6.60. The molecule has 0 heterocycles. The van der Waals surface area contributed by atoms with E-state index in [-0.39, 0.29) is 18.2 Å². The topological polar surface area (TPSA) is 114 Å². The summed E-state index contributed by atoms with van der Waals surface area (Å²) in [5.74, 6) is -0.535. The van der Waals surface area contributed by atoms with Crippen LogP contribution < -0.4 is 16.4 Å². The molecule has 2 amide bonds. The number of aromatic hydroxyl groups is 1. The van der Waals surface area contributed by atoms with Crippen LogP contribution in [0, 0.1) is 0 Å². The number of carbonyl (C=O) groups is 2. The van der Waals surface area contributed by atoms with Gasteiger partial charge in [0.1, 0.15) is 5.75 Å². The van der Waals surface area contributed by atoms with Crippen molar-refractivity contribution >= 4 is 11.8 Å². The Bertz CT molecular complexity index is 462. The second kappa shape index (κ2) is 8.93. The number of nitrogens with one attached hydrogen (secondary N) is 2. The van der Waals surface area contributed by atoms with Crippen molar-refractivity contribution in [1.29, 1.82) is 0 Å². The van der Waals surface area contributed by atoms with Crippen LogP contribution in [-0.2, 0) is 20.7 Å². The normalized spacial score (nSPS) is 11.7. The second-order valence-corrected chi connectivity index (χ2v) is 4.54. The van der Waals surface area contributed by atoms with Gasteiger partial charge in [0.05, 0.1) is 19.2 Å². The largest absolute Gasteiger partial charge is 0.508 e. The Labute approximate surface area is 123 Å². The van der Waals surface area contributed by atoms with Gasteiger partial charge in [0, 0.05) is 13.7 Å². The molecule has 21 heavy (non-hydrogen) atoms. The number of methoxy groups -OCH3 is 1. The molecule has 7 heteroatoms. The molecule has 116 valence electrons. The van der Waals surface area contributed by atoms with Crippen LogP contribution in [0.4, 0.5) is 0 Å². The highest BCUT2D eigenvalue weighted by Gasteiger charge is 2.14. The molecule has 0 spiro atoms. The Hall–Kier alpha value is -2.12. The zero-order valence-corrected chi connectivity index (χ0v) is 12.0. The lowest BCUT2D eigenvalue weighted by Crippen LogP contribution is -2.46. The van der Waals surface area contributed by atoms with Crippen LogP contribution in [0.25, 0.3) is 0 Å². The predicted molar refractivity (Wildman–Crippen MR) is 77.7 cm³/mol. The molecule has 0 aliphatic carbocycles. The van der Waals surface area contributed by atoms with Crippen LogP contribution >= 0.6 is 0 Å². The summed E-state index contributed by atoms with van der Waals surface area (Å²) < 4.78 is 4.79. The molecule has 0 unspecified atom stereocenters. The smallest absolute Gasteiger partial charge is 0.239 e. The van der Waals surface area contributed by atoms with Crippen LogP contribution in [0.5, 0.6) is 5.75 Å². The average Bonchev–Trinajstić information content (AvgIpc) is 2.47. The van der Waals surface area contributed by atoms with E-state index in [9.17, 15) is 14.7 Å². The molecule has 1 aromatic rings. The standard InChI is InChI=1S/C14H21N3O4/c1-21-7-6-16-13(19)9-17-14(20)12(15)8-10-2-4-11(18)5-3-10/h2-5,12,18H,6-9,15H2,1H3,(H,16,19)(H,17,20)/t12-/m0/s1. The van der Waals surface area contributed by atoms with Crippen LogP contribution in [0.2, 0.25) is 0 Å². The van der Waals surface area contributed by atoms with E-state index in [4.69, 9.17) is 10.5 Å². The SMILES string of the molecule is COCCNC(=O)CNC(=O)[C@@H](N)Cc1ccc(O)cc1. The molecule has 1 aromatic carbocycles. The van der Waals surface area contributed by atoms with Crippen LogP contribution in [0.3, 0.4) is 0 Å². The van der Waals surface area contributed by atoms with Crippen molar-refractivity contribution in [3.8, 4) is 5.75 Å². The molecule has 0 fully saturated rings. The van der Waals surface area contributed by atoms with Gasteiger partial charge in [0.15, 0.2) is 0 Å². The highest BCUT2D eigenvalue weighted by atomic mass is 16.5. The van der Waals surface area contributed by atoms with Gasteiger partial charge in [0.2, 0.25) is 11.8 Å². The number of hydrogen-bond acceptors (Lipinski definition) is 5. The number of amides is 2. The zero-order valence-electron chi connectivity index (χ0n) is 12.0. The fourth-order valence-corrected chi connectivity index (χ4v) is 1.63. The molecule has 0 aromatic heterocycles. The number of phenols is 1. The molecule has 5 N–H and O–H groups in total. The third-order valence-electron chi connectivity index (χ3n) is 2.78. The summed E-state index contributed by atoms with van der Waals surface area (Å²) >= 11 is 0. The number of ether oxygens (including phenoxy) is 1. The quantitative estimate of drug-likeness (QED) is 0.466. The first kappa shape index (κ1) is 16.9. The molecule has 0 bridgehead atoms. The van der Waals surface area contributed by atoms with Crippen molar-refractivity contribution in [2.75, 3.05) is 26.8 Å². The maximum Gasteiger partial charge on any atom is 0.239 e. The van der Waals surface area contributed by atoms with Gasteiger partial charge < -0.3 is 26.2 Å². The third kappa shape index (κ3) is 6.73. The molecule has 0 radical (unpaired) electrons.